The highest BCUT2D eigenvalue weighted by Crippen LogP contribution is 2.21. The number of aliphatic hydroxyl groups is 1. The number of hydrogen-bond acceptors (Lipinski definition) is 3. The maximum atomic E-state index is 11.6. The molecule has 0 spiro atoms. The summed E-state index contributed by atoms with van der Waals surface area (Å²) in [5.74, 6) is -0.0120. The van der Waals surface area contributed by atoms with Gasteiger partial charge in [0.05, 0.1) is 6.54 Å². The van der Waals surface area contributed by atoms with Crippen molar-refractivity contribution in [1.82, 2.24) is 10.6 Å². The van der Waals surface area contributed by atoms with Crippen molar-refractivity contribution < 1.29 is 9.90 Å². The summed E-state index contributed by atoms with van der Waals surface area (Å²) in [4.78, 5) is 11.6. The summed E-state index contributed by atoms with van der Waals surface area (Å²) in [6.45, 7) is 10.6. The average molecular weight is 230 g/mol. The van der Waals surface area contributed by atoms with Crippen LogP contribution in [0.5, 0.6) is 0 Å². The molecule has 4 heteroatoms. The van der Waals surface area contributed by atoms with E-state index in [4.69, 9.17) is 5.11 Å². The molecule has 0 saturated heterocycles. The summed E-state index contributed by atoms with van der Waals surface area (Å²) in [7, 11) is 0. The summed E-state index contributed by atoms with van der Waals surface area (Å²) in [6.07, 6.45) is 0.594. The van der Waals surface area contributed by atoms with E-state index in [1.165, 1.54) is 0 Å². The Morgan fingerprint density at radius 3 is 2.25 bits per heavy atom. The maximum Gasteiger partial charge on any atom is 0.234 e. The van der Waals surface area contributed by atoms with Crippen molar-refractivity contribution in [2.75, 3.05) is 13.2 Å². The summed E-state index contributed by atoms with van der Waals surface area (Å²) < 4.78 is 0. The van der Waals surface area contributed by atoms with Gasteiger partial charge in [-0.05, 0) is 11.8 Å². The van der Waals surface area contributed by atoms with Gasteiger partial charge >= 0.3 is 0 Å². The normalized spacial score (nSPS) is 13.9. The largest absolute Gasteiger partial charge is 0.396 e. The first-order chi connectivity index (χ1) is 7.27. The molecule has 3 N–H and O–H groups in total. The molecule has 16 heavy (non-hydrogen) atoms. The van der Waals surface area contributed by atoms with Gasteiger partial charge in [0.1, 0.15) is 0 Å². The molecule has 0 bridgehead atoms. The lowest BCUT2D eigenvalue weighted by Gasteiger charge is -2.31. The first-order valence-corrected chi connectivity index (χ1v) is 5.91. The van der Waals surface area contributed by atoms with Crippen molar-refractivity contribution in [2.24, 2.45) is 5.41 Å². The molecular formula is C12H26N2O2. The molecule has 0 rings (SSSR count). The average Bonchev–Trinajstić information content (AvgIpc) is 2.12. The van der Waals surface area contributed by atoms with Crippen LogP contribution < -0.4 is 10.6 Å². The van der Waals surface area contributed by atoms with E-state index in [-0.39, 0.29) is 24.0 Å². The molecule has 0 heterocycles. The molecule has 0 fully saturated rings. The highest BCUT2D eigenvalue weighted by molar-refractivity contribution is 5.78. The fourth-order valence-corrected chi connectivity index (χ4v) is 1.39. The van der Waals surface area contributed by atoms with Crippen LogP contribution in [-0.4, -0.2) is 36.2 Å². The number of carbonyl (C=O) groups is 1. The molecule has 96 valence electrons. The van der Waals surface area contributed by atoms with Crippen LogP contribution in [-0.2, 0) is 4.79 Å². The number of rotatable bonds is 6. The first-order valence-electron chi connectivity index (χ1n) is 5.91. The lowest BCUT2D eigenvalue weighted by molar-refractivity contribution is -0.121. The predicted octanol–water partition coefficient (Wildman–Crippen LogP) is 0.898. The second-order valence-electron chi connectivity index (χ2n) is 5.53. The Labute approximate surface area is 98.8 Å². The van der Waals surface area contributed by atoms with Crippen LogP contribution in [0.1, 0.15) is 41.0 Å². The summed E-state index contributed by atoms with van der Waals surface area (Å²) >= 11 is 0. The lowest BCUT2D eigenvalue weighted by Crippen LogP contribution is -2.47. The van der Waals surface area contributed by atoms with Crippen LogP contribution in [0, 0.1) is 5.41 Å². The van der Waals surface area contributed by atoms with E-state index in [1.807, 2.05) is 13.8 Å². The number of amides is 1. The maximum absolute atomic E-state index is 11.6. The highest BCUT2D eigenvalue weighted by Gasteiger charge is 2.25. The van der Waals surface area contributed by atoms with E-state index in [9.17, 15) is 4.79 Å². The van der Waals surface area contributed by atoms with Crippen molar-refractivity contribution >= 4 is 5.91 Å². The lowest BCUT2D eigenvalue weighted by atomic mass is 9.85. The van der Waals surface area contributed by atoms with Gasteiger partial charge < -0.3 is 15.7 Å². The van der Waals surface area contributed by atoms with Crippen molar-refractivity contribution in [3.05, 3.63) is 0 Å². The van der Waals surface area contributed by atoms with Gasteiger partial charge in [-0.1, -0.05) is 34.6 Å². The van der Waals surface area contributed by atoms with Gasteiger partial charge in [-0.2, -0.15) is 0 Å². The molecule has 1 atom stereocenters. The Hall–Kier alpha value is -0.610. The Bertz CT molecular complexity index is 210. The number of aliphatic hydroxyl groups excluding tert-OH is 1. The van der Waals surface area contributed by atoms with Crippen LogP contribution in [0.15, 0.2) is 0 Å². The monoisotopic (exact) mass is 230 g/mol. The van der Waals surface area contributed by atoms with E-state index in [2.05, 4.69) is 31.4 Å². The molecule has 0 saturated carbocycles. The van der Waals surface area contributed by atoms with E-state index >= 15 is 0 Å². The summed E-state index contributed by atoms with van der Waals surface area (Å²) in [6, 6.07) is 0.315. The Balaban J connectivity index is 4.14. The standard InChI is InChI=1S/C12H26N2O2/c1-9(2)13-8-11(16)14-10(6-7-15)12(3,4)5/h9-10,13,15H,6-8H2,1-5H3,(H,14,16). The molecule has 0 aliphatic carbocycles. The Morgan fingerprint density at radius 2 is 1.88 bits per heavy atom. The zero-order chi connectivity index (χ0) is 12.8. The van der Waals surface area contributed by atoms with Crippen molar-refractivity contribution in [3.63, 3.8) is 0 Å². The third-order valence-corrected chi connectivity index (χ3v) is 2.47. The molecule has 1 amide bonds. The zero-order valence-electron chi connectivity index (χ0n) is 11.1. The highest BCUT2D eigenvalue weighted by atomic mass is 16.3. The van der Waals surface area contributed by atoms with Crippen LogP contribution in [0.2, 0.25) is 0 Å². The van der Waals surface area contributed by atoms with Crippen molar-refractivity contribution in [2.45, 2.75) is 53.1 Å². The SMILES string of the molecule is CC(C)NCC(=O)NC(CCO)C(C)(C)C. The number of hydrogen-bond donors (Lipinski definition) is 3. The predicted molar refractivity (Wildman–Crippen MR) is 66.2 cm³/mol. The van der Waals surface area contributed by atoms with Gasteiger partial charge in [0.25, 0.3) is 0 Å². The van der Waals surface area contributed by atoms with E-state index in [1.54, 1.807) is 0 Å². The molecule has 0 radical (unpaired) electrons. The molecule has 1 unspecified atom stereocenters. The molecule has 4 nitrogen and oxygen atoms in total. The minimum Gasteiger partial charge on any atom is -0.396 e. The Kier molecular flexibility index (Phi) is 6.60. The van der Waals surface area contributed by atoms with E-state index in [0.29, 0.717) is 19.0 Å². The second-order valence-corrected chi connectivity index (χ2v) is 5.53. The van der Waals surface area contributed by atoms with E-state index < -0.39 is 0 Å². The first kappa shape index (κ1) is 15.4. The van der Waals surface area contributed by atoms with E-state index in [0.717, 1.165) is 0 Å². The smallest absolute Gasteiger partial charge is 0.234 e. The zero-order valence-corrected chi connectivity index (χ0v) is 11.1. The van der Waals surface area contributed by atoms with Gasteiger partial charge in [-0.15, -0.1) is 0 Å². The molecule has 0 aromatic rings. The summed E-state index contributed by atoms with van der Waals surface area (Å²) in [5.41, 5.74) is -0.0315. The molecule has 0 aromatic heterocycles. The minimum atomic E-state index is -0.0315. The van der Waals surface area contributed by atoms with Gasteiger partial charge in [-0.25, -0.2) is 0 Å². The van der Waals surface area contributed by atoms with Gasteiger partial charge in [0.2, 0.25) is 5.91 Å². The third-order valence-electron chi connectivity index (χ3n) is 2.47. The topological polar surface area (TPSA) is 61.4 Å². The fraction of sp³-hybridized carbons (Fsp3) is 0.917. The Morgan fingerprint density at radius 1 is 1.31 bits per heavy atom. The van der Waals surface area contributed by atoms with Gasteiger partial charge in [-0.3, -0.25) is 4.79 Å². The van der Waals surface area contributed by atoms with Crippen LogP contribution >= 0.6 is 0 Å². The van der Waals surface area contributed by atoms with Crippen LogP contribution in [0.25, 0.3) is 0 Å². The van der Waals surface area contributed by atoms with Gasteiger partial charge in [0.15, 0.2) is 0 Å². The number of nitrogens with one attached hydrogen (secondary N) is 2. The van der Waals surface area contributed by atoms with Crippen molar-refractivity contribution in [1.29, 1.82) is 0 Å². The molecular weight excluding hydrogens is 204 g/mol. The molecule has 0 aliphatic heterocycles. The minimum absolute atomic E-state index is 0.0120. The van der Waals surface area contributed by atoms with Crippen molar-refractivity contribution in [3.8, 4) is 0 Å². The third kappa shape index (κ3) is 6.80. The summed E-state index contributed by atoms with van der Waals surface area (Å²) in [5, 5.41) is 15.0. The fourth-order valence-electron chi connectivity index (χ4n) is 1.39. The molecule has 0 aromatic carbocycles. The van der Waals surface area contributed by atoms with Crippen LogP contribution in [0.3, 0.4) is 0 Å². The van der Waals surface area contributed by atoms with Crippen LogP contribution in [0.4, 0.5) is 0 Å². The number of carbonyl (C=O) groups excluding carboxylic acids is 1. The quantitative estimate of drug-likeness (QED) is 0.635. The second kappa shape index (κ2) is 6.86. The molecule has 0 aliphatic rings. The van der Waals surface area contributed by atoms with Gasteiger partial charge in [0, 0.05) is 18.7 Å².